The first kappa shape index (κ1) is 18.9. The summed E-state index contributed by atoms with van der Waals surface area (Å²) in [5.41, 5.74) is 0.923. The van der Waals surface area contributed by atoms with Gasteiger partial charge in [-0.2, -0.15) is 0 Å². The molecule has 0 saturated heterocycles. The lowest BCUT2D eigenvalue weighted by atomic mass is 10.1. The molecule has 2 N–H and O–H groups in total. The maximum Gasteiger partial charge on any atom is 0.340 e. The predicted molar refractivity (Wildman–Crippen MR) is 97.1 cm³/mol. The van der Waals surface area contributed by atoms with Crippen LogP contribution in [0.4, 0.5) is 5.69 Å². The molecule has 0 aliphatic heterocycles. The Kier molecular flexibility index (Phi) is 6.61. The fraction of sp³-hybridized carbons (Fsp3) is 0.158. The van der Waals surface area contributed by atoms with E-state index < -0.39 is 17.8 Å². The van der Waals surface area contributed by atoms with Crippen molar-refractivity contribution in [3.8, 4) is 0 Å². The molecule has 0 atom stereocenters. The summed E-state index contributed by atoms with van der Waals surface area (Å²) in [6, 6.07) is 9.39. The monoisotopic (exact) mass is 353 g/mol. The molecule has 0 aliphatic rings. The summed E-state index contributed by atoms with van der Waals surface area (Å²) in [5.74, 6) is -1.41. The second kappa shape index (κ2) is 9.12. The van der Waals surface area contributed by atoms with E-state index in [1.54, 1.807) is 37.3 Å². The molecule has 26 heavy (non-hydrogen) atoms. The number of esters is 1. The van der Waals surface area contributed by atoms with Gasteiger partial charge in [0.15, 0.2) is 0 Å². The molecule has 0 radical (unpaired) electrons. The topological polar surface area (TPSA) is 97.4 Å². The number of para-hydroxylation sites is 1. The normalized spacial score (nSPS) is 9.88. The van der Waals surface area contributed by atoms with Crippen molar-refractivity contribution < 1.29 is 19.1 Å². The molecular formula is C19H19N3O4. The summed E-state index contributed by atoms with van der Waals surface area (Å²) in [5, 5.41) is 5.25. The lowest BCUT2D eigenvalue weighted by Gasteiger charge is -2.10. The third-order valence-electron chi connectivity index (χ3n) is 3.33. The van der Waals surface area contributed by atoms with Gasteiger partial charge < -0.3 is 15.4 Å². The molecule has 1 aromatic carbocycles. The lowest BCUT2D eigenvalue weighted by molar-refractivity contribution is 0.0527. The van der Waals surface area contributed by atoms with E-state index >= 15 is 0 Å². The minimum absolute atomic E-state index is 0.109. The van der Waals surface area contributed by atoms with Crippen LogP contribution in [0.25, 0.3) is 0 Å². The first-order valence-corrected chi connectivity index (χ1v) is 7.99. The smallest absolute Gasteiger partial charge is 0.340 e. The van der Waals surface area contributed by atoms with Crippen LogP contribution in [0.2, 0.25) is 0 Å². The van der Waals surface area contributed by atoms with Crippen molar-refractivity contribution in [2.75, 3.05) is 18.5 Å². The van der Waals surface area contributed by atoms with E-state index in [1.165, 1.54) is 18.3 Å². The van der Waals surface area contributed by atoms with Gasteiger partial charge >= 0.3 is 5.97 Å². The Morgan fingerprint density at radius 1 is 1.19 bits per heavy atom. The summed E-state index contributed by atoms with van der Waals surface area (Å²) in [4.78, 5) is 40.4. The van der Waals surface area contributed by atoms with Crippen molar-refractivity contribution in [1.29, 1.82) is 0 Å². The van der Waals surface area contributed by atoms with E-state index in [4.69, 9.17) is 4.74 Å². The van der Waals surface area contributed by atoms with Crippen molar-refractivity contribution in [3.63, 3.8) is 0 Å². The van der Waals surface area contributed by atoms with Crippen LogP contribution in [0.15, 0.2) is 55.3 Å². The van der Waals surface area contributed by atoms with Crippen molar-refractivity contribution in [1.82, 2.24) is 10.3 Å². The second-order valence-corrected chi connectivity index (χ2v) is 5.15. The maximum absolute atomic E-state index is 12.5. The van der Waals surface area contributed by atoms with Gasteiger partial charge in [-0.15, -0.1) is 6.58 Å². The van der Waals surface area contributed by atoms with Gasteiger partial charge in [0.05, 0.1) is 17.9 Å². The van der Waals surface area contributed by atoms with Crippen LogP contribution >= 0.6 is 0 Å². The number of carbonyl (C=O) groups is 3. The fourth-order valence-corrected chi connectivity index (χ4v) is 2.12. The molecule has 2 aromatic rings. The summed E-state index contributed by atoms with van der Waals surface area (Å²) < 4.78 is 4.98. The molecule has 1 aromatic heterocycles. The SMILES string of the molecule is C=CCNC(=O)c1cc(C(=O)Nc2ccccc2C(=O)OCC)ccn1. The van der Waals surface area contributed by atoms with Crippen molar-refractivity contribution >= 4 is 23.5 Å². The van der Waals surface area contributed by atoms with Gasteiger partial charge in [0.2, 0.25) is 0 Å². The number of amides is 2. The van der Waals surface area contributed by atoms with E-state index in [1.807, 2.05) is 0 Å². The Morgan fingerprint density at radius 3 is 2.69 bits per heavy atom. The molecule has 0 saturated carbocycles. The van der Waals surface area contributed by atoms with E-state index in [9.17, 15) is 14.4 Å². The number of benzene rings is 1. The highest BCUT2D eigenvalue weighted by Gasteiger charge is 2.16. The highest BCUT2D eigenvalue weighted by atomic mass is 16.5. The minimum atomic E-state index is -0.525. The molecule has 7 nitrogen and oxygen atoms in total. The van der Waals surface area contributed by atoms with Crippen LogP contribution in [0.1, 0.15) is 38.1 Å². The standard InChI is InChI=1S/C19H19N3O4/c1-3-10-21-18(24)16-12-13(9-11-20-16)17(23)22-15-8-6-5-7-14(15)19(25)26-4-2/h3,5-9,11-12H,1,4,10H2,2H3,(H,21,24)(H,22,23). The number of hydrogen-bond donors (Lipinski definition) is 2. The van der Waals surface area contributed by atoms with Crippen LogP contribution in [0, 0.1) is 0 Å². The van der Waals surface area contributed by atoms with Gasteiger partial charge in [-0.1, -0.05) is 18.2 Å². The molecule has 0 spiro atoms. The first-order valence-electron chi connectivity index (χ1n) is 7.99. The number of anilines is 1. The molecule has 0 unspecified atom stereocenters. The number of hydrogen-bond acceptors (Lipinski definition) is 5. The number of pyridine rings is 1. The Balaban J connectivity index is 2.20. The molecule has 1 heterocycles. The zero-order chi connectivity index (χ0) is 18.9. The summed E-state index contributed by atoms with van der Waals surface area (Å²) in [7, 11) is 0. The highest BCUT2D eigenvalue weighted by Crippen LogP contribution is 2.17. The molecular weight excluding hydrogens is 334 g/mol. The number of aromatic nitrogens is 1. The van der Waals surface area contributed by atoms with Crippen LogP contribution in [-0.2, 0) is 4.74 Å². The number of rotatable bonds is 7. The maximum atomic E-state index is 12.5. The minimum Gasteiger partial charge on any atom is -0.462 e. The number of nitrogens with one attached hydrogen (secondary N) is 2. The van der Waals surface area contributed by atoms with Gasteiger partial charge in [0, 0.05) is 18.3 Å². The van der Waals surface area contributed by atoms with Crippen molar-refractivity contribution in [3.05, 3.63) is 72.1 Å². The van der Waals surface area contributed by atoms with Crippen LogP contribution in [-0.4, -0.2) is 35.9 Å². The van der Waals surface area contributed by atoms with Gasteiger partial charge in [0.1, 0.15) is 5.69 Å². The fourth-order valence-electron chi connectivity index (χ4n) is 2.12. The highest BCUT2D eigenvalue weighted by molar-refractivity contribution is 6.08. The largest absolute Gasteiger partial charge is 0.462 e. The number of carbonyl (C=O) groups excluding carboxylic acids is 3. The molecule has 2 amide bonds. The summed E-state index contributed by atoms with van der Waals surface area (Å²) >= 11 is 0. The average Bonchev–Trinajstić information content (AvgIpc) is 2.66. The number of nitrogens with zero attached hydrogens (tertiary/aromatic N) is 1. The van der Waals surface area contributed by atoms with E-state index in [0.717, 1.165) is 0 Å². The Hall–Kier alpha value is -3.48. The molecule has 2 rings (SSSR count). The van der Waals surface area contributed by atoms with Gasteiger partial charge in [-0.25, -0.2) is 4.79 Å². The van der Waals surface area contributed by atoms with E-state index in [0.29, 0.717) is 12.2 Å². The molecule has 0 fully saturated rings. The zero-order valence-electron chi connectivity index (χ0n) is 14.3. The molecule has 0 bridgehead atoms. The van der Waals surface area contributed by atoms with Crippen LogP contribution in [0.5, 0.6) is 0 Å². The van der Waals surface area contributed by atoms with Gasteiger partial charge in [-0.3, -0.25) is 14.6 Å². The zero-order valence-corrected chi connectivity index (χ0v) is 14.3. The first-order chi connectivity index (χ1) is 12.6. The Bertz CT molecular complexity index is 833. The van der Waals surface area contributed by atoms with Crippen molar-refractivity contribution in [2.24, 2.45) is 0 Å². The number of ether oxygens (including phenoxy) is 1. The average molecular weight is 353 g/mol. The van der Waals surface area contributed by atoms with Gasteiger partial charge in [-0.05, 0) is 31.2 Å². The second-order valence-electron chi connectivity index (χ2n) is 5.15. The van der Waals surface area contributed by atoms with Gasteiger partial charge in [0.25, 0.3) is 11.8 Å². The van der Waals surface area contributed by atoms with Crippen molar-refractivity contribution in [2.45, 2.75) is 6.92 Å². The quantitative estimate of drug-likeness (QED) is 0.588. The Labute approximate surface area is 151 Å². The van der Waals surface area contributed by atoms with Crippen LogP contribution < -0.4 is 10.6 Å². The van der Waals surface area contributed by atoms with E-state index in [2.05, 4.69) is 22.2 Å². The van der Waals surface area contributed by atoms with E-state index in [-0.39, 0.29) is 23.4 Å². The third kappa shape index (κ3) is 4.76. The summed E-state index contributed by atoms with van der Waals surface area (Å²) in [6.07, 6.45) is 2.91. The lowest BCUT2D eigenvalue weighted by Crippen LogP contribution is -2.25. The Morgan fingerprint density at radius 2 is 1.96 bits per heavy atom. The summed E-state index contributed by atoms with van der Waals surface area (Å²) in [6.45, 7) is 5.75. The molecule has 134 valence electrons. The van der Waals surface area contributed by atoms with Crippen LogP contribution in [0.3, 0.4) is 0 Å². The predicted octanol–water partition coefficient (Wildman–Crippen LogP) is 2.43. The molecule has 7 heteroatoms. The molecule has 0 aliphatic carbocycles. The third-order valence-corrected chi connectivity index (χ3v) is 3.33.